The molecule has 0 bridgehead atoms. The van der Waals surface area contributed by atoms with Crippen molar-refractivity contribution in [2.45, 2.75) is 39.8 Å². The molecule has 0 saturated carbocycles. The third-order valence-electron chi connectivity index (χ3n) is 2.54. The molecule has 8 heteroatoms. The second-order valence-electron chi connectivity index (χ2n) is 5.50. The summed E-state index contributed by atoms with van der Waals surface area (Å²) in [7, 11) is 0. The molecule has 0 saturated heterocycles. The van der Waals surface area contributed by atoms with E-state index < -0.39 is 12.2 Å². The summed E-state index contributed by atoms with van der Waals surface area (Å²) >= 11 is 0. The highest BCUT2D eigenvalue weighted by Crippen LogP contribution is 1.91. The van der Waals surface area contributed by atoms with Crippen molar-refractivity contribution in [3.05, 3.63) is 0 Å². The predicted octanol–water partition coefficient (Wildman–Crippen LogP) is 0.516. The largest absolute Gasteiger partial charge is 0.448 e. The normalized spacial score (nSPS) is 10.9. The van der Waals surface area contributed by atoms with Crippen molar-refractivity contribution >= 4 is 12.2 Å². The number of nitrogens with one attached hydrogen (secondary N) is 2. The van der Waals surface area contributed by atoms with Crippen molar-refractivity contribution in [2.75, 3.05) is 39.4 Å². The Morgan fingerprint density at radius 1 is 0.909 bits per heavy atom. The first-order chi connectivity index (χ1) is 10.3. The Morgan fingerprint density at radius 2 is 1.32 bits per heavy atom. The van der Waals surface area contributed by atoms with Crippen molar-refractivity contribution < 1.29 is 19.1 Å². The lowest BCUT2D eigenvalue weighted by Gasteiger charge is -2.21. The first-order valence-corrected chi connectivity index (χ1v) is 7.64. The molecule has 0 spiro atoms. The van der Waals surface area contributed by atoms with E-state index >= 15 is 0 Å². The summed E-state index contributed by atoms with van der Waals surface area (Å²) in [6, 6.07) is 0.0843. The van der Waals surface area contributed by atoms with Crippen LogP contribution in [-0.2, 0) is 9.47 Å². The van der Waals surface area contributed by atoms with Gasteiger partial charge in [-0.25, -0.2) is 9.59 Å². The zero-order chi connectivity index (χ0) is 17.0. The summed E-state index contributed by atoms with van der Waals surface area (Å²) < 4.78 is 10.1. The Hall–Kier alpha value is -1.54. The van der Waals surface area contributed by atoms with E-state index in [-0.39, 0.29) is 25.3 Å². The molecule has 0 aliphatic carbocycles. The highest BCUT2D eigenvalue weighted by atomic mass is 16.6. The van der Waals surface area contributed by atoms with Gasteiger partial charge in [0.1, 0.15) is 13.2 Å². The number of nitrogens with two attached hydrogens (primary N) is 1. The predicted molar refractivity (Wildman–Crippen MR) is 84.7 cm³/mol. The molecule has 0 aromatic rings. The third kappa shape index (κ3) is 12.2. The first-order valence-electron chi connectivity index (χ1n) is 7.64. The van der Waals surface area contributed by atoms with Crippen molar-refractivity contribution in [3.63, 3.8) is 0 Å². The van der Waals surface area contributed by atoms with Crippen molar-refractivity contribution in [2.24, 2.45) is 5.73 Å². The summed E-state index contributed by atoms with van der Waals surface area (Å²) in [6.45, 7) is 10.2. The van der Waals surface area contributed by atoms with Gasteiger partial charge in [-0.1, -0.05) is 0 Å². The molecule has 22 heavy (non-hydrogen) atoms. The molecule has 130 valence electrons. The molecule has 0 aromatic carbocycles. The van der Waals surface area contributed by atoms with Crippen LogP contribution in [0.1, 0.15) is 27.7 Å². The van der Waals surface area contributed by atoms with E-state index in [2.05, 4.69) is 10.6 Å². The van der Waals surface area contributed by atoms with E-state index in [9.17, 15) is 9.59 Å². The fourth-order valence-electron chi connectivity index (χ4n) is 1.61. The number of carbonyl (C=O) groups is 2. The number of hydrogen-bond acceptors (Lipinski definition) is 6. The summed E-state index contributed by atoms with van der Waals surface area (Å²) in [5.41, 5.74) is 5.54. The Kier molecular flexibility index (Phi) is 11.2. The molecule has 0 fully saturated rings. The number of nitrogens with zero attached hydrogens (tertiary/aromatic N) is 1. The van der Waals surface area contributed by atoms with Gasteiger partial charge in [0, 0.05) is 38.3 Å². The lowest BCUT2D eigenvalue weighted by molar-refractivity contribution is 0.106. The highest BCUT2D eigenvalue weighted by molar-refractivity contribution is 5.67. The Labute approximate surface area is 132 Å². The summed E-state index contributed by atoms with van der Waals surface area (Å²) in [5, 5.41) is 5.29. The molecule has 4 N–H and O–H groups in total. The van der Waals surface area contributed by atoms with Gasteiger partial charge < -0.3 is 25.8 Å². The smallest absolute Gasteiger partial charge is 0.407 e. The zero-order valence-corrected chi connectivity index (χ0v) is 14.1. The number of alkyl carbamates (subject to hydrolysis) is 2. The lowest BCUT2D eigenvalue weighted by Crippen LogP contribution is -2.38. The van der Waals surface area contributed by atoms with Crippen LogP contribution in [0.4, 0.5) is 9.59 Å². The van der Waals surface area contributed by atoms with Crippen molar-refractivity contribution in [3.8, 4) is 0 Å². The van der Waals surface area contributed by atoms with E-state index in [1.165, 1.54) is 0 Å². The molecule has 0 aromatic heterocycles. The quantitative estimate of drug-likeness (QED) is 0.542. The summed E-state index contributed by atoms with van der Waals surface area (Å²) in [6.07, 6.45) is -0.870. The standard InChI is InChI=1S/C14H30N4O4/c1-11(2)16-13(19)21-9-7-18(6-5-15)8-10-22-14(20)17-12(3)4/h11-12H,5-10,15H2,1-4H3,(H,16,19)(H,17,20). The molecule has 0 rings (SSSR count). The lowest BCUT2D eigenvalue weighted by atomic mass is 10.4. The van der Waals surface area contributed by atoms with E-state index in [4.69, 9.17) is 15.2 Å². The second kappa shape index (κ2) is 12.0. The fraction of sp³-hybridized carbons (Fsp3) is 0.857. The molecule has 2 amide bonds. The van der Waals surface area contributed by atoms with Gasteiger partial charge in [-0.05, 0) is 27.7 Å². The monoisotopic (exact) mass is 318 g/mol. The van der Waals surface area contributed by atoms with Gasteiger partial charge in [-0.2, -0.15) is 0 Å². The number of carbonyl (C=O) groups excluding carboxylic acids is 2. The van der Waals surface area contributed by atoms with Crippen LogP contribution in [0.2, 0.25) is 0 Å². The summed E-state index contributed by atoms with van der Waals surface area (Å²) in [5.74, 6) is 0. The molecule has 0 aliphatic heterocycles. The van der Waals surface area contributed by atoms with Crippen LogP contribution in [0, 0.1) is 0 Å². The van der Waals surface area contributed by atoms with Crippen LogP contribution < -0.4 is 16.4 Å². The minimum Gasteiger partial charge on any atom is -0.448 e. The van der Waals surface area contributed by atoms with Crippen molar-refractivity contribution in [1.29, 1.82) is 0 Å². The number of ether oxygens (including phenoxy) is 2. The SMILES string of the molecule is CC(C)NC(=O)OCCN(CCN)CCOC(=O)NC(C)C. The zero-order valence-electron chi connectivity index (χ0n) is 14.1. The molecular weight excluding hydrogens is 288 g/mol. The Bertz CT molecular complexity index is 296. The van der Waals surface area contributed by atoms with Gasteiger partial charge in [0.05, 0.1) is 0 Å². The molecule has 0 atom stereocenters. The molecule has 0 unspecified atom stereocenters. The maximum absolute atomic E-state index is 11.3. The van der Waals surface area contributed by atoms with Crippen LogP contribution in [0.3, 0.4) is 0 Å². The maximum Gasteiger partial charge on any atom is 0.407 e. The number of amides is 2. The molecule has 0 aliphatic rings. The molecule has 0 heterocycles. The summed E-state index contributed by atoms with van der Waals surface area (Å²) in [4.78, 5) is 24.7. The van der Waals surface area contributed by atoms with Gasteiger partial charge in [0.15, 0.2) is 0 Å². The van der Waals surface area contributed by atoms with Crippen LogP contribution in [0.5, 0.6) is 0 Å². The van der Waals surface area contributed by atoms with E-state index in [0.717, 1.165) is 0 Å². The van der Waals surface area contributed by atoms with Crippen LogP contribution in [0.25, 0.3) is 0 Å². The van der Waals surface area contributed by atoms with E-state index in [0.29, 0.717) is 26.2 Å². The van der Waals surface area contributed by atoms with Gasteiger partial charge in [0.2, 0.25) is 0 Å². The average Bonchev–Trinajstić information content (AvgIpc) is 2.36. The number of rotatable bonds is 10. The van der Waals surface area contributed by atoms with Gasteiger partial charge in [-0.3, -0.25) is 4.90 Å². The van der Waals surface area contributed by atoms with Gasteiger partial charge >= 0.3 is 12.2 Å². The second-order valence-corrected chi connectivity index (χ2v) is 5.50. The minimum absolute atomic E-state index is 0.0421. The molecule has 8 nitrogen and oxygen atoms in total. The van der Waals surface area contributed by atoms with Gasteiger partial charge in [0.25, 0.3) is 0 Å². The minimum atomic E-state index is -0.435. The third-order valence-corrected chi connectivity index (χ3v) is 2.54. The number of hydrogen-bond donors (Lipinski definition) is 3. The molecule has 0 radical (unpaired) electrons. The van der Waals surface area contributed by atoms with Crippen LogP contribution >= 0.6 is 0 Å². The van der Waals surface area contributed by atoms with Gasteiger partial charge in [-0.15, -0.1) is 0 Å². The first kappa shape index (κ1) is 20.5. The maximum atomic E-state index is 11.3. The topological polar surface area (TPSA) is 106 Å². The van der Waals surface area contributed by atoms with Crippen LogP contribution in [0.15, 0.2) is 0 Å². The van der Waals surface area contributed by atoms with Crippen LogP contribution in [-0.4, -0.2) is 68.6 Å². The van der Waals surface area contributed by atoms with E-state index in [1.807, 2.05) is 32.6 Å². The average molecular weight is 318 g/mol. The fourth-order valence-corrected chi connectivity index (χ4v) is 1.61. The Balaban J connectivity index is 3.90. The molecular formula is C14H30N4O4. The van der Waals surface area contributed by atoms with Crippen molar-refractivity contribution in [1.82, 2.24) is 15.5 Å². The van der Waals surface area contributed by atoms with E-state index in [1.54, 1.807) is 0 Å². The highest BCUT2D eigenvalue weighted by Gasteiger charge is 2.09. The Morgan fingerprint density at radius 3 is 1.64 bits per heavy atom.